The SMILES string of the molecule is CCCOc1c(Cl)cc(C(=O)N(CC)c2ccccc2)cc1Cl. The van der Waals surface area contributed by atoms with Crippen LogP contribution in [0, 0.1) is 0 Å². The van der Waals surface area contributed by atoms with E-state index in [0.29, 0.717) is 34.5 Å². The normalized spacial score (nSPS) is 10.4. The van der Waals surface area contributed by atoms with Crippen molar-refractivity contribution >= 4 is 34.8 Å². The van der Waals surface area contributed by atoms with Crippen molar-refractivity contribution in [3.63, 3.8) is 0 Å². The number of amides is 1. The van der Waals surface area contributed by atoms with Gasteiger partial charge < -0.3 is 9.64 Å². The van der Waals surface area contributed by atoms with Gasteiger partial charge in [-0.05, 0) is 37.6 Å². The van der Waals surface area contributed by atoms with Crippen molar-refractivity contribution in [3.05, 3.63) is 58.1 Å². The fourth-order valence-corrected chi connectivity index (χ4v) is 2.83. The highest BCUT2D eigenvalue weighted by Gasteiger charge is 2.19. The highest BCUT2D eigenvalue weighted by molar-refractivity contribution is 6.37. The molecule has 0 radical (unpaired) electrons. The molecule has 122 valence electrons. The number of hydrogen-bond acceptors (Lipinski definition) is 2. The summed E-state index contributed by atoms with van der Waals surface area (Å²) >= 11 is 12.5. The first-order valence-corrected chi connectivity index (χ1v) is 8.32. The average molecular weight is 352 g/mol. The van der Waals surface area contributed by atoms with E-state index in [1.807, 2.05) is 44.2 Å². The first kappa shape index (κ1) is 17.6. The summed E-state index contributed by atoms with van der Waals surface area (Å²) in [5.74, 6) is 0.277. The lowest BCUT2D eigenvalue weighted by Crippen LogP contribution is -2.30. The van der Waals surface area contributed by atoms with Gasteiger partial charge in [-0.15, -0.1) is 0 Å². The lowest BCUT2D eigenvalue weighted by Gasteiger charge is -2.21. The van der Waals surface area contributed by atoms with E-state index in [4.69, 9.17) is 27.9 Å². The molecular formula is C18H19Cl2NO2. The number of halogens is 2. The van der Waals surface area contributed by atoms with Crippen LogP contribution in [0.5, 0.6) is 5.75 Å². The maximum absolute atomic E-state index is 12.8. The molecule has 5 heteroatoms. The minimum atomic E-state index is -0.149. The predicted molar refractivity (Wildman–Crippen MR) is 96.0 cm³/mol. The third-order valence-electron chi connectivity index (χ3n) is 3.33. The number of benzene rings is 2. The van der Waals surface area contributed by atoms with Gasteiger partial charge in [-0.25, -0.2) is 0 Å². The lowest BCUT2D eigenvalue weighted by atomic mass is 10.1. The fourth-order valence-electron chi connectivity index (χ4n) is 2.23. The molecular weight excluding hydrogens is 333 g/mol. The van der Waals surface area contributed by atoms with Gasteiger partial charge in [-0.1, -0.05) is 48.3 Å². The van der Waals surface area contributed by atoms with E-state index < -0.39 is 0 Å². The van der Waals surface area contributed by atoms with Gasteiger partial charge >= 0.3 is 0 Å². The molecule has 23 heavy (non-hydrogen) atoms. The van der Waals surface area contributed by atoms with Crippen LogP contribution in [0.4, 0.5) is 5.69 Å². The van der Waals surface area contributed by atoms with Gasteiger partial charge in [-0.2, -0.15) is 0 Å². The molecule has 0 aliphatic rings. The largest absolute Gasteiger partial charge is 0.490 e. The van der Waals surface area contributed by atoms with Gasteiger partial charge in [0.2, 0.25) is 0 Å². The summed E-state index contributed by atoms with van der Waals surface area (Å²) in [4.78, 5) is 14.4. The number of carbonyl (C=O) groups excluding carboxylic acids is 1. The number of ether oxygens (including phenoxy) is 1. The molecule has 0 fully saturated rings. The third kappa shape index (κ3) is 4.18. The van der Waals surface area contributed by atoms with E-state index in [0.717, 1.165) is 12.1 Å². The second-order valence-corrected chi connectivity index (χ2v) is 5.82. The molecule has 0 bridgehead atoms. The van der Waals surface area contributed by atoms with Gasteiger partial charge in [0, 0.05) is 17.8 Å². The van der Waals surface area contributed by atoms with Crippen LogP contribution in [0.15, 0.2) is 42.5 Å². The second kappa shape index (κ2) is 8.23. The van der Waals surface area contributed by atoms with Crippen molar-refractivity contribution in [2.45, 2.75) is 20.3 Å². The fraction of sp³-hybridized carbons (Fsp3) is 0.278. The molecule has 1 amide bonds. The Morgan fingerprint density at radius 2 is 1.70 bits per heavy atom. The van der Waals surface area contributed by atoms with Crippen LogP contribution in [0.3, 0.4) is 0 Å². The Balaban J connectivity index is 2.32. The van der Waals surface area contributed by atoms with Gasteiger partial charge in [0.25, 0.3) is 5.91 Å². The summed E-state index contributed by atoms with van der Waals surface area (Å²) in [6, 6.07) is 12.7. The molecule has 2 aromatic carbocycles. The minimum absolute atomic E-state index is 0.149. The second-order valence-electron chi connectivity index (χ2n) is 5.00. The molecule has 0 spiro atoms. The Hall–Kier alpha value is -1.71. The van der Waals surface area contributed by atoms with E-state index in [1.54, 1.807) is 17.0 Å². The third-order valence-corrected chi connectivity index (χ3v) is 3.89. The van der Waals surface area contributed by atoms with Crippen molar-refractivity contribution in [3.8, 4) is 5.75 Å². The maximum atomic E-state index is 12.8. The van der Waals surface area contributed by atoms with Crippen LogP contribution in [-0.2, 0) is 0 Å². The Morgan fingerprint density at radius 1 is 1.09 bits per heavy atom. The Morgan fingerprint density at radius 3 is 2.22 bits per heavy atom. The standard InChI is InChI=1S/C18H19Cl2NO2/c1-3-10-23-17-15(19)11-13(12-16(17)20)18(22)21(4-2)14-8-6-5-7-9-14/h5-9,11-12H,3-4,10H2,1-2H3. The quantitative estimate of drug-likeness (QED) is 0.692. The topological polar surface area (TPSA) is 29.5 Å². The number of nitrogens with zero attached hydrogens (tertiary/aromatic N) is 1. The molecule has 0 aliphatic heterocycles. The van der Waals surface area contributed by atoms with Gasteiger partial charge in [-0.3, -0.25) is 4.79 Å². The molecule has 0 atom stereocenters. The predicted octanol–water partition coefficient (Wildman–Crippen LogP) is 5.45. The highest BCUT2D eigenvalue weighted by atomic mass is 35.5. The summed E-state index contributed by atoms with van der Waals surface area (Å²) in [6.45, 7) is 5.00. The van der Waals surface area contributed by atoms with E-state index in [9.17, 15) is 4.79 Å². The van der Waals surface area contributed by atoms with Crippen LogP contribution in [0.1, 0.15) is 30.6 Å². The number of para-hydroxylation sites is 1. The molecule has 3 nitrogen and oxygen atoms in total. The van der Waals surface area contributed by atoms with Crippen LogP contribution in [-0.4, -0.2) is 19.1 Å². The monoisotopic (exact) mass is 351 g/mol. The summed E-state index contributed by atoms with van der Waals surface area (Å²) in [7, 11) is 0. The molecule has 0 aliphatic carbocycles. The number of carbonyl (C=O) groups is 1. The van der Waals surface area contributed by atoms with E-state index >= 15 is 0 Å². The van der Waals surface area contributed by atoms with Crippen LogP contribution >= 0.6 is 23.2 Å². The Bertz CT molecular complexity index is 651. The number of anilines is 1. The number of hydrogen-bond donors (Lipinski definition) is 0. The van der Waals surface area contributed by atoms with Gasteiger partial charge in [0.05, 0.1) is 16.7 Å². The van der Waals surface area contributed by atoms with Crippen molar-refractivity contribution < 1.29 is 9.53 Å². The molecule has 0 saturated carbocycles. The summed E-state index contributed by atoms with van der Waals surface area (Å²) in [6.07, 6.45) is 0.852. The first-order valence-electron chi connectivity index (χ1n) is 7.57. The molecule has 2 aromatic rings. The summed E-state index contributed by atoms with van der Waals surface area (Å²) in [5.41, 5.74) is 1.27. The van der Waals surface area contributed by atoms with E-state index in [-0.39, 0.29) is 5.91 Å². The zero-order valence-electron chi connectivity index (χ0n) is 13.2. The molecule has 0 unspecified atom stereocenters. The average Bonchev–Trinajstić information content (AvgIpc) is 2.55. The van der Waals surface area contributed by atoms with E-state index in [2.05, 4.69) is 0 Å². The zero-order chi connectivity index (χ0) is 16.8. The van der Waals surface area contributed by atoms with E-state index in [1.165, 1.54) is 0 Å². The smallest absolute Gasteiger partial charge is 0.258 e. The van der Waals surface area contributed by atoms with Crippen LogP contribution in [0.25, 0.3) is 0 Å². The summed E-state index contributed by atoms with van der Waals surface area (Å²) < 4.78 is 5.53. The highest BCUT2D eigenvalue weighted by Crippen LogP contribution is 2.35. The minimum Gasteiger partial charge on any atom is -0.490 e. The summed E-state index contributed by atoms with van der Waals surface area (Å²) in [5, 5.41) is 0.692. The van der Waals surface area contributed by atoms with Crippen molar-refractivity contribution in [2.75, 3.05) is 18.1 Å². The molecule has 0 aromatic heterocycles. The van der Waals surface area contributed by atoms with Crippen LogP contribution < -0.4 is 9.64 Å². The molecule has 0 heterocycles. The van der Waals surface area contributed by atoms with Crippen molar-refractivity contribution in [1.82, 2.24) is 0 Å². The molecule has 0 N–H and O–H groups in total. The van der Waals surface area contributed by atoms with Crippen LogP contribution in [0.2, 0.25) is 10.0 Å². The maximum Gasteiger partial charge on any atom is 0.258 e. The Labute approximate surface area is 146 Å². The Kier molecular flexibility index (Phi) is 6.31. The van der Waals surface area contributed by atoms with Gasteiger partial charge in [0.15, 0.2) is 5.75 Å². The van der Waals surface area contributed by atoms with Crippen molar-refractivity contribution in [2.24, 2.45) is 0 Å². The molecule has 0 saturated heterocycles. The number of rotatable bonds is 6. The molecule has 2 rings (SSSR count). The lowest BCUT2D eigenvalue weighted by molar-refractivity contribution is 0.0988. The van der Waals surface area contributed by atoms with Gasteiger partial charge in [0.1, 0.15) is 0 Å². The zero-order valence-corrected chi connectivity index (χ0v) is 14.7. The first-order chi connectivity index (χ1) is 11.1. The van der Waals surface area contributed by atoms with Crippen molar-refractivity contribution in [1.29, 1.82) is 0 Å².